The van der Waals surface area contributed by atoms with Crippen LogP contribution in [-0.4, -0.2) is 56.8 Å². The fraction of sp³-hybridized carbons (Fsp3) is 0.571. The number of Topliss-reactive ketones (excluding diaryl/α,β-unsaturated/α-hetero) is 1. The van der Waals surface area contributed by atoms with E-state index in [0.717, 1.165) is 23.1 Å². The third-order valence-electron chi connectivity index (χ3n) is 11.5. The number of ether oxygens (including phenoxy) is 3. The SMILES string of the molecule is CC1=C[C@]23C(=O)[C@@H](C=C4COC(C)(C)O[C@H]4C2(O)[C@H]1OC(=O)c1c(-c2ccccc2C)cnn1C)[C@H]1[C@@H](C[C@H]3C)C1(C)C. The first-order valence-corrected chi connectivity index (χ1v) is 15.4. The van der Waals surface area contributed by atoms with Crippen LogP contribution in [0.2, 0.25) is 0 Å². The van der Waals surface area contributed by atoms with Crippen LogP contribution in [0.3, 0.4) is 0 Å². The van der Waals surface area contributed by atoms with Crippen LogP contribution in [0.4, 0.5) is 0 Å². The minimum atomic E-state index is -1.87. The van der Waals surface area contributed by atoms with Gasteiger partial charge < -0.3 is 19.3 Å². The predicted molar refractivity (Wildman–Crippen MR) is 160 cm³/mol. The Labute approximate surface area is 253 Å². The van der Waals surface area contributed by atoms with Crippen LogP contribution in [0.5, 0.6) is 0 Å². The molecule has 8 nitrogen and oxygen atoms in total. The highest BCUT2D eigenvalue weighted by atomic mass is 16.7. The first-order chi connectivity index (χ1) is 20.1. The number of fused-ring (bicyclic) bond motifs is 5. The molecule has 2 bridgehead atoms. The van der Waals surface area contributed by atoms with Crippen molar-refractivity contribution in [3.8, 4) is 11.1 Å². The molecule has 5 aliphatic rings. The fourth-order valence-corrected chi connectivity index (χ4v) is 9.21. The first kappa shape index (κ1) is 28.7. The maximum atomic E-state index is 14.9. The van der Waals surface area contributed by atoms with Crippen molar-refractivity contribution < 1.29 is 28.9 Å². The Morgan fingerprint density at radius 2 is 1.86 bits per heavy atom. The summed E-state index contributed by atoms with van der Waals surface area (Å²) in [4.78, 5) is 29.1. The molecular formula is C35H42N2O6. The number of benzene rings is 1. The summed E-state index contributed by atoms with van der Waals surface area (Å²) in [6.07, 6.45) is 4.37. The maximum absolute atomic E-state index is 14.9. The van der Waals surface area contributed by atoms with Crippen molar-refractivity contribution >= 4 is 11.8 Å². The van der Waals surface area contributed by atoms with Gasteiger partial charge in [0.15, 0.2) is 29.0 Å². The molecule has 8 atom stereocenters. The molecule has 2 saturated carbocycles. The number of hydrogen-bond acceptors (Lipinski definition) is 7. The molecule has 0 radical (unpaired) electrons. The van der Waals surface area contributed by atoms with Crippen molar-refractivity contribution in [3.63, 3.8) is 0 Å². The summed E-state index contributed by atoms with van der Waals surface area (Å²) < 4.78 is 20.5. The highest BCUT2D eigenvalue weighted by molar-refractivity contribution is 5.98. The minimum absolute atomic E-state index is 0.0112. The van der Waals surface area contributed by atoms with Crippen LogP contribution in [0.1, 0.15) is 64.0 Å². The lowest BCUT2D eigenvalue weighted by Gasteiger charge is -2.52. The second kappa shape index (κ2) is 8.99. The van der Waals surface area contributed by atoms with E-state index in [1.54, 1.807) is 13.2 Å². The Morgan fingerprint density at radius 3 is 2.58 bits per heavy atom. The third kappa shape index (κ3) is 3.69. The number of hydrogen-bond donors (Lipinski definition) is 1. The van der Waals surface area contributed by atoms with E-state index in [4.69, 9.17) is 14.2 Å². The topological polar surface area (TPSA) is 99.9 Å². The molecule has 1 saturated heterocycles. The van der Waals surface area contributed by atoms with Gasteiger partial charge in [0.05, 0.1) is 18.2 Å². The smallest absolute Gasteiger partial charge is 0.357 e. The maximum Gasteiger partial charge on any atom is 0.357 e. The van der Waals surface area contributed by atoms with Crippen molar-refractivity contribution in [3.05, 3.63) is 65.0 Å². The van der Waals surface area contributed by atoms with Gasteiger partial charge in [-0.05, 0) is 79.6 Å². The number of carbonyl (C=O) groups excluding carboxylic acids is 2. The van der Waals surface area contributed by atoms with Gasteiger partial charge in [-0.1, -0.05) is 57.2 Å². The molecule has 3 fully saturated rings. The van der Waals surface area contributed by atoms with Crippen LogP contribution in [0, 0.1) is 41.4 Å². The lowest BCUT2D eigenvalue weighted by atomic mass is 9.59. The monoisotopic (exact) mass is 586 g/mol. The zero-order valence-corrected chi connectivity index (χ0v) is 26.3. The Bertz CT molecular complexity index is 1620. The van der Waals surface area contributed by atoms with Crippen LogP contribution in [-0.2, 0) is 26.1 Å². The van der Waals surface area contributed by atoms with Crippen molar-refractivity contribution in [1.29, 1.82) is 0 Å². The summed E-state index contributed by atoms with van der Waals surface area (Å²) >= 11 is 0. The van der Waals surface area contributed by atoms with Gasteiger partial charge in [-0.2, -0.15) is 5.10 Å². The third-order valence-corrected chi connectivity index (χ3v) is 11.5. The van der Waals surface area contributed by atoms with Gasteiger partial charge in [0.1, 0.15) is 6.10 Å². The number of aromatic nitrogens is 2. The predicted octanol–water partition coefficient (Wildman–Crippen LogP) is 5.19. The summed E-state index contributed by atoms with van der Waals surface area (Å²) in [6, 6.07) is 7.81. The Balaban J connectivity index is 1.36. The summed E-state index contributed by atoms with van der Waals surface area (Å²) in [5.74, 6) is -1.69. The molecule has 2 heterocycles. The zero-order valence-electron chi connectivity index (χ0n) is 26.3. The van der Waals surface area contributed by atoms with Crippen molar-refractivity contribution in [2.24, 2.45) is 41.5 Å². The molecule has 2 aromatic rings. The highest BCUT2D eigenvalue weighted by Gasteiger charge is 2.77. The van der Waals surface area contributed by atoms with Crippen molar-refractivity contribution in [2.75, 3.05) is 6.61 Å². The van der Waals surface area contributed by atoms with Crippen LogP contribution in [0.15, 0.2) is 53.8 Å². The Hall–Kier alpha value is -3.07. The molecule has 1 aromatic carbocycles. The highest BCUT2D eigenvalue weighted by Crippen LogP contribution is 2.72. The van der Waals surface area contributed by atoms with Gasteiger partial charge in [0.25, 0.3) is 0 Å². The number of rotatable bonds is 3. The van der Waals surface area contributed by atoms with Gasteiger partial charge >= 0.3 is 5.97 Å². The fourth-order valence-electron chi connectivity index (χ4n) is 9.21. The van der Waals surface area contributed by atoms with Gasteiger partial charge in [-0.3, -0.25) is 9.48 Å². The number of nitrogens with zero attached hydrogens (tertiary/aromatic N) is 2. The summed E-state index contributed by atoms with van der Waals surface area (Å²) in [5, 5.41) is 17.7. The second-order valence-corrected chi connectivity index (χ2v) is 14.6. The normalized spacial score (nSPS) is 38.5. The molecule has 1 aromatic heterocycles. The van der Waals surface area contributed by atoms with Crippen LogP contribution < -0.4 is 0 Å². The van der Waals surface area contributed by atoms with E-state index >= 15 is 0 Å². The molecular weight excluding hydrogens is 544 g/mol. The summed E-state index contributed by atoms with van der Waals surface area (Å²) in [7, 11) is 1.71. The van der Waals surface area contributed by atoms with Gasteiger partial charge in [0.2, 0.25) is 0 Å². The molecule has 228 valence electrons. The molecule has 1 aliphatic heterocycles. The molecule has 43 heavy (non-hydrogen) atoms. The Kier molecular flexibility index (Phi) is 6.00. The van der Waals surface area contributed by atoms with E-state index < -0.39 is 35.0 Å². The van der Waals surface area contributed by atoms with E-state index in [1.807, 2.05) is 64.1 Å². The van der Waals surface area contributed by atoms with E-state index in [1.165, 1.54) is 4.68 Å². The van der Waals surface area contributed by atoms with Crippen molar-refractivity contribution in [1.82, 2.24) is 9.78 Å². The number of esters is 1. The molecule has 1 unspecified atom stereocenters. The quantitative estimate of drug-likeness (QED) is 0.391. The lowest BCUT2D eigenvalue weighted by Crippen LogP contribution is -2.68. The van der Waals surface area contributed by atoms with Gasteiger partial charge in [-0.15, -0.1) is 0 Å². The molecule has 1 spiro atoms. The second-order valence-electron chi connectivity index (χ2n) is 14.6. The molecule has 0 amide bonds. The molecule has 1 N–H and O–H groups in total. The lowest BCUT2D eigenvalue weighted by molar-refractivity contribution is -0.302. The number of aliphatic hydroxyl groups is 1. The van der Waals surface area contributed by atoms with Gasteiger partial charge in [0, 0.05) is 18.5 Å². The van der Waals surface area contributed by atoms with Crippen LogP contribution >= 0.6 is 0 Å². The van der Waals surface area contributed by atoms with Crippen LogP contribution in [0.25, 0.3) is 11.1 Å². The number of carbonyl (C=O) groups is 2. The molecule has 8 heteroatoms. The average molecular weight is 587 g/mol. The minimum Gasteiger partial charge on any atom is -0.450 e. The van der Waals surface area contributed by atoms with E-state index in [2.05, 4.69) is 25.9 Å². The average Bonchev–Trinajstić information content (AvgIpc) is 3.19. The first-order valence-electron chi connectivity index (χ1n) is 15.4. The summed E-state index contributed by atoms with van der Waals surface area (Å²) in [6.45, 7) is 14.2. The number of allylic oxidation sites excluding steroid dienone is 1. The van der Waals surface area contributed by atoms with E-state index in [9.17, 15) is 14.7 Å². The van der Waals surface area contributed by atoms with E-state index in [0.29, 0.717) is 17.1 Å². The number of ketones is 1. The zero-order chi connectivity index (χ0) is 30.9. The van der Waals surface area contributed by atoms with Gasteiger partial charge in [-0.25, -0.2) is 4.79 Å². The largest absolute Gasteiger partial charge is 0.450 e. The Morgan fingerprint density at radius 1 is 1.14 bits per heavy atom. The standard InChI is InChI=1S/C35H42N2O6/c1-18-11-9-10-12-22(18)24-16-36-37(8)27(24)31(39)42-29-19(2)15-34-20(3)13-25-26(32(25,4)5)23(28(34)38)14-21-17-41-33(6,7)43-30(21)35(29,34)40/h9-12,14-16,20,23,25-26,29-30,40H,13,17H2,1-8H3/t20-,23+,25-,26+,29+,30-,34+,35?/m1/s1. The van der Waals surface area contributed by atoms with E-state index in [-0.39, 0.29) is 41.3 Å². The number of aryl methyl sites for hydroxylation is 2. The van der Waals surface area contributed by atoms with Crippen molar-refractivity contribution in [2.45, 2.75) is 78.5 Å². The molecule has 4 aliphatic carbocycles. The molecule has 7 rings (SSSR count). The summed E-state index contributed by atoms with van der Waals surface area (Å²) in [5.41, 5.74) is 1.06.